The van der Waals surface area contributed by atoms with Crippen molar-refractivity contribution in [3.63, 3.8) is 0 Å². The molecule has 0 saturated heterocycles. The molecule has 0 aromatic rings. The normalized spacial score (nSPS) is 10.4. The van der Waals surface area contributed by atoms with Crippen molar-refractivity contribution in [2.24, 2.45) is 0 Å². The van der Waals surface area contributed by atoms with Crippen LogP contribution in [0.4, 0.5) is 0 Å². The van der Waals surface area contributed by atoms with Gasteiger partial charge in [-0.1, -0.05) is 58.3 Å². The summed E-state index contributed by atoms with van der Waals surface area (Å²) in [5.74, 6) is -0.909. The van der Waals surface area contributed by atoms with Crippen LogP contribution >= 0.6 is 0 Å². The summed E-state index contributed by atoms with van der Waals surface area (Å²) < 4.78 is 0. The van der Waals surface area contributed by atoms with E-state index in [0.717, 1.165) is 12.8 Å². The summed E-state index contributed by atoms with van der Waals surface area (Å²) in [7, 11) is 0. The summed E-state index contributed by atoms with van der Waals surface area (Å²) in [4.78, 5) is 10.1. The monoisotopic (exact) mass is 444 g/mol. The maximum absolute atomic E-state index is 10.1. The van der Waals surface area contributed by atoms with Crippen LogP contribution in [0.3, 0.4) is 0 Å². The SMILES string of the molecule is CCCCCCCCCCCC(=O)[O-].CCC[CH2][Ge+]([CH2]CCC)[CH2]CCC. The Kier molecular flexibility index (Phi) is 28.1. The summed E-state index contributed by atoms with van der Waals surface area (Å²) >= 11 is -0.552. The molecule has 0 radical (unpaired) electrons. The van der Waals surface area contributed by atoms with E-state index in [1.165, 1.54) is 83.5 Å². The molecule has 0 rings (SSSR count). The van der Waals surface area contributed by atoms with E-state index in [2.05, 4.69) is 27.7 Å². The van der Waals surface area contributed by atoms with Gasteiger partial charge in [-0.2, -0.15) is 0 Å². The Morgan fingerprint density at radius 2 is 0.889 bits per heavy atom. The fourth-order valence-electron chi connectivity index (χ4n) is 3.24. The van der Waals surface area contributed by atoms with Crippen LogP contribution in [0.2, 0.25) is 15.8 Å². The summed E-state index contributed by atoms with van der Waals surface area (Å²) in [5, 5.41) is 15.0. The van der Waals surface area contributed by atoms with Gasteiger partial charge >= 0.3 is 89.4 Å². The third-order valence-corrected chi connectivity index (χ3v) is 11.8. The second-order valence-electron chi connectivity index (χ2n) is 8.01. The second kappa shape index (κ2) is 26.0. The number of aliphatic carboxylic acids is 1. The molecule has 0 N–H and O–H groups in total. The van der Waals surface area contributed by atoms with Crippen molar-refractivity contribution in [1.82, 2.24) is 0 Å². The standard InChI is InChI=1S/C12H27Ge.C12H24O2/c1-4-7-10-13(11-8-5-2)12-9-6-3;1-2-3-4-5-6-7-8-9-10-11-12(13)14/h4-12H2,1-3H3;2-11H2,1H3,(H,13,14)/q+1;/p-1. The van der Waals surface area contributed by atoms with Crippen molar-refractivity contribution in [3.8, 4) is 0 Å². The number of unbranched alkanes of at least 4 members (excludes halogenated alkanes) is 11. The fraction of sp³-hybridized carbons (Fsp3) is 0.958. The van der Waals surface area contributed by atoms with Gasteiger partial charge in [-0.25, -0.2) is 0 Å². The van der Waals surface area contributed by atoms with Gasteiger partial charge in [0.2, 0.25) is 0 Å². The Bertz CT molecular complexity index is 263. The zero-order valence-corrected chi connectivity index (χ0v) is 21.3. The number of carbonyl (C=O) groups excluding carboxylic acids is 1. The minimum absolute atomic E-state index is 0.232. The summed E-state index contributed by atoms with van der Waals surface area (Å²) in [6.07, 6.45) is 19.9. The van der Waals surface area contributed by atoms with Gasteiger partial charge in [0.05, 0.1) is 0 Å². The van der Waals surface area contributed by atoms with Crippen LogP contribution in [-0.4, -0.2) is 20.3 Å². The third kappa shape index (κ3) is 28.3. The molecule has 0 amide bonds. The van der Waals surface area contributed by atoms with Gasteiger partial charge in [-0.3, -0.25) is 0 Å². The molecule has 0 fully saturated rings. The van der Waals surface area contributed by atoms with E-state index in [9.17, 15) is 9.90 Å². The topological polar surface area (TPSA) is 40.1 Å². The summed E-state index contributed by atoms with van der Waals surface area (Å²) in [6.45, 7) is 9.21. The van der Waals surface area contributed by atoms with Crippen molar-refractivity contribution in [2.45, 2.75) is 146 Å². The maximum atomic E-state index is 10.1. The van der Waals surface area contributed by atoms with Crippen LogP contribution in [0.15, 0.2) is 0 Å². The molecule has 27 heavy (non-hydrogen) atoms. The van der Waals surface area contributed by atoms with Crippen LogP contribution < -0.4 is 5.11 Å². The molecule has 0 spiro atoms. The molecule has 0 aliphatic heterocycles. The van der Waals surface area contributed by atoms with E-state index >= 15 is 0 Å². The summed E-state index contributed by atoms with van der Waals surface area (Å²) in [6, 6.07) is 0. The number of carboxylic acids is 1. The Labute approximate surface area is 176 Å². The van der Waals surface area contributed by atoms with E-state index in [0.29, 0.717) is 0 Å². The van der Waals surface area contributed by atoms with E-state index in [-0.39, 0.29) is 6.42 Å². The Hall–Kier alpha value is 0.0129. The predicted molar refractivity (Wildman–Crippen MR) is 122 cm³/mol. The molecule has 0 atom stereocenters. The van der Waals surface area contributed by atoms with Crippen molar-refractivity contribution in [2.75, 3.05) is 0 Å². The summed E-state index contributed by atoms with van der Waals surface area (Å²) in [5.41, 5.74) is 0. The van der Waals surface area contributed by atoms with E-state index in [4.69, 9.17) is 0 Å². The average molecular weight is 443 g/mol. The van der Waals surface area contributed by atoms with Gasteiger partial charge in [0.25, 0.3) is 0 Å². The second-order valence-corrected chi connectivity index (χ2v) is 14.3. The first-order valence-electron chi connectivity index (χ1n) is 12.2. The van der Waals surface area contributed by atoms with Gasteiger partial charge < -0.3 is 9.90 Å². The minimum atomic E-state index is -0.909. The first-order valence-corrected chi connectivity index (χ1v) is 16.6. The molecule has 2 nitrogen and oxygen atoms in total. The molecule has 0 bridgehead atoms. The molecule has 0 aromatic carbocycles. The predicted octanol–water partition coefficient (Wildman–Crippen LogP) is 7.54. The van der Waals surface area contributed by atoms with Crippen LogP contribution in [0, 0.1) is 0 Å². The number of carbonyl (C=O) groups is 1. The van der Waals surface area contributed by atoms with Crippen molar-refractivity contribution in [3.05, 3.63) is 0 Å². The third-order valence-electron chi connectivity index (χ3n) is 5.14. The molecule has 0 unspecified atom stereocenters. The zero-order valence-electron chi connectivity index (χ0n) is 19.3. The molecule has 0 aliphatic rings. The first kappa shape index (κ1) is 29.2. The van der Waals surface area contributed by atoms with Gasteiger partial charge in [0.1, 0.15) is 0 Å². The molecule has 162 valence electrons. The van der Waals surface area contributed by atoms with Crippen molar-refractivity contribution < 1.29 is 9.90 Å². The molecule has 0 saturated carbocycles. The van der Waals surface area contributed by atoms with Gasteiger partial charge in [-0.05, 0) is 12.8 Å². The van der Waals surface area contributed by atoms with Crippen LogP contribution in [-0.2, 0) is 4.79 Å². The van der Waals surface area contributed by atoms with Crippen LogP contribution in [0.25, 0.3) is 0 Å². The number of carboxylic acid groups (broad SMARTS) is 1. The number of rotatable bonds is 19. The molecule has 0 heterocycles. The van der Waals surface area contributed by atoms with Crippen LogP contribution in [0.1, 0.15) is 130 Å². The van der Waals surface area contributed by atoms with Gasteiger partial charge in [0, 0.05) is 5.97 Å². The van der Waals surface area contributed by atoms with E-state index in [1.54, 1.807) is 15.8 Å². The average Bonchev–Trinajstić information content (AvgIpc) is 2.66. The quantitative estimate of drug-likeness (QED) is 0.153. The molecular formula is C24H50GeO2. The zero-order chi connectivity index (χ0) is 20.6. The van der Waals surface area contributed by atoms with Crippen molar-refractivity contribution >= 4 is 20.3 Å². The van der Waals surface area contributed by atoms with E-state index < -0.39 is 20.3 Å². The Balaban J connectivity index is 0. The Morgan fingerprint density at radius 3 is 1.22 bits per heavy atom. The number of hydrogen-bond donors (Lipinski definition) is 0. The van der Waals surface area contributed by atoms with E-state index in [1.807, 2.05) is 0 Å². The molecule has 0 aromatic heterocycles. The Morgan fingerprint density at radius 1 is 0.556 bits per heavy atom. The van der Waals surface area contributed by atoms with Crippen molar-refractivity contribution in [1.29, 1.82) is 0 Å². The van der Waals surface area contributed by atoms with Crippen LogP contribution in [0.5, 0.6) is 0 Å². The molecular weight excluding hydrogens is 393 g/mol. The first-order chi connectivity index (χ1) is 13.1. The molecule has 0 aliphatic carbocycles. The fourth-order valence-corrected chi connectivity index (χ4v) is 10.2. The van der Waals surface area contributed by atoms with Gasteiger partial charge in [-0.15, -0.1) is 0 Å². The van der Waals surface area contributed by atoms with Gasteiger partial charge in [0.15, 0.2) is 0 Å². The number of hydrogen-bond acceptors (Lipinski definition) is 2. The molecule has 3 heteroatoms.